The number of aliphatic hydroxyl groups is 1. The lowest BCUT2D eigenvalue weighted by atomic mass is 10.1. The van der Waals surface area contributed by atoms with Crippen LogP contribution in [-0.4, -0.2) is 48.5 Å². The summed E-state index contributed by atoms with van der Waals surface area (Å²) < 4.78 is 11.7. The lowest BCUT2D eigenvalue weighted by molar-refractivity contribution is -0.0564. The van der Waals surface area contributed by atoms with Crippen LogP contribution in [0.2, 0.25) is 0 Å². The molecule has 2 aliphatic rings. The van der Waals surface area contributed by atoms with Gasteiger partial charge in [0.15, 0.2) is 0 Å². The van der Waals surface area contributed by atoms with Gasteiger partial charge in [-0.3, -0.25) is 4.90 Å². The maximum absolute atomic E-state index is 9.82. The molecule has 1 aliphatic heterocycles. The summed E-state index contributed by atoms with van der Waals surface area (Å²) in [7, 11) is 0. The number of ether oxygens (including phenoxy) is 2. The van der Waals surface area contributed by atoms with Crippen molar-refractivity contribution in [2.24, 2.45) is 0 Å². The smallest absolute Gasteiger partial charge is 0.119 e. The number of hydrogen-bond acceptors (Lipinski definition) is 4. The summed E-state index contributed by atoms with van der Waals surface area (Å²) in [5, 5.41) is 9.82. The predicted molar refractivity (Wildman–Crippen MR) is 81.7 cm³/mol. The number of benzene rings is 1. The molecule has 1 N–H and O–H groups in total. The number of aryl methyl sites for hydroxylation is 1. The lowest BCUT2D eigenvalue weighted by Gasteiger charge is -2.35. The topological polar surface area (TPSA) is 41.9 Å². The highest BCUT2D eigenvalue weighted by Crippen LogP contribution is 2.33. The second kappa shape index (κ2) is 6.34. The number of fused-ring (bicyclic) bond motifs is 1. The zero-order chi connectivity index (χ0) is 14.8. The van der Waals surface area contributed by atoms with Crippen molar-refractivity contribution in [2.75, 3.05) is 26.3 Å². The summed E-state index contributed by atoms with van der Waals surface area (Å²) in [6, 6.07) is 6.56. The molecule has 1 aromatic carbocycles. The van der Waals surface area contributed by atoms with Crippen molar-refractivity contribution >= 4 is 0 Å². The van der Waals surface area contributed by atoms with Gasteiger partial charge in [0, 0.05) is 19.1 Å². The van der Waals surface area contributed by atoms with Gasteiger partial charge in [0.25, 0.3) is 0 Å². The quantitative estimate of drug-likeness (QED) is 0.923. The maximum atomic E-state index is 9.82. The number of rotatable bonds is 4. The molecule has 1 heterocycles. The molecule has 0 amide bonds. The standard InChI is InChI=1S/C17H25NO3/c1-12(2)18-7-8-20-15(10-18)11-21-14-4-5-16-13(9-14)3-6-17(16)19/h4-5,9,12,15,17,19H,3,6-8,10-11H2,1-2H3/t15?,17-/m1/s1. The predicted octanol–water partition coefficient (Wildman–Crippen LogP) is 2.15. The molecule has 116 valence electrons. The van der Waals surface area contributed by atoms with Crippen LogP contribution in [-0.2, 0) is 11.2 Å². The van der Waals surface area contributed by atoms with Crippen molar-refractivity contribution in [1.29, 1.82) is 0 Å². The van der Waals surface area contributed by atoms with Crippen LogP contribution in [0.25, 0.3) is 0 Å². The fraction of sp³-hybridized carbons (Fsp3) is 0.647. The van der Waals surface area contributed by atoms with Crippen LogP contribution in [0.15, 0.2) is 18.2 Å². The van der Waals surface area contributed by atoms with Crippen LogP contribution in [0.5, 0.6) is 5.75 Å². The van der Waals surface area contributed by atoms with Crippen LogP contribution in [0.4, 0.5) is 0 Å². The van der Waals surface area contributed by atoms with Gasteiger partial charge in [-0.2, -0.15) is 0 Å². The first-order valence-electron chi connectivity index (χ1n) is 7.93. The third kappa shape index (κ3) is 3.39. The van der Waals surface area contributed by atoms with E-state index in [1.807, 2.05) is 12.1 Å². The van der Waals surface area contributed by atoms with Gasteiger partial charge < -0.3 is 14.6 Å². The van der Waals surface area contributed by atoms with Crippen molar-refractivity contribution in [3.63, 3.8) is 0 Å². The Bertz CT molecular complexity index is 489. The Hall–Kier alpha value is -1.10. The normalized spacial score (nSPS) is 26.1. The van der Waals surface area contributed by atoms with Gasteiger partial charge in [-0.25, -0.2) is 0 Å². The van der Waals surface area contributed by atoms with E-state index in [9.17, 15) is 5.11 Å². The van der Waals surface area contributed by atoms with Gasteiger partial charge >= 0.3 is 0 Å². The van der Waals surface area contributed by atoms with E-state index in [4.69, 9.17) is 9.47 Å². The minimum Gasteiger partial charge on any atom is -0.491 e. The molecular formula is C17H25NO3. The van der Waals surface area contributed by atoms with Crippen LogP contribution in [0.3, 0.4) is 0 Å². The molecule has 0 radical (unpaired) electrons. The zero-order valence-electron chi connectivity index (χ0n) is 12.9. The number of nitrogens with zero attached hydrogens (tertiary/aromatic N) is 1. The van der Waals surface area contributed by atoms with Gasteiger partial charge in [-0.15, -0.1) is 0 Å². The summed E-state index contributed by atoms with van der Waals surface area (Å²) >= 11 is 0. The molecule has 21 heavy (non-hydrogen) atoms. The van der Waals surface area contributed by atoms with Crippen molar-refractivity contribution in [1.82, 2.24) is 4.90 Å². The molecule has 4 heteroatoms. The SMILES string of the molecule is CC(C)N1CCOC(COc2ccc3c(c2)CC[C@H]3O)C1. The average molecular weight is 291 g/mol. The first-order valence-corrected chi connectivity index (χ1v) is 7.93. The molecule has 0 bridgehead atoms. The number of aliphatic hydroxyl groups excluding tert-OH is 1. The molecule has 1 saturated heterocycles. The van der Waals surface area contributed by atoms with Crippen LogP contribution >= 0.6 is 0 Å². The second-order valence-corrected chi connectivity index (χ2v) is 6.31. The number of hydrogen-bond donors (Lipinski definition) is 1. The van der Waals surface area contributed by atoms with Crippen LogP contribution in [0.1, 0.15) is 37.5 Å². The number of morpholine rings is 1. The van der Waals surface area contributed by atoms with Gasteiger partial charge in [-0.1, -0.05) is 6.07 Å². The molecule has 1 unspecified atom stereocenters. The monoisotopic (exact) mass is 291 g/mol. The zero-order valence-corrected chi connectivity index (χ0v) is 12.9. The largest absolute Gasteiger partial charge is 0.491 e. The van der Waals surface area contributed by atoms with E-state index < -0.39 is 0 Å². The molecule has 0 saturated carbocycles. The van der Waals surface area contributed by atoms with E-state index in [1.54, 1.807) is 0 Å². The van der Waals surface area contributed by atoms with Crippen LogP contribution < -0.4 is 4.74 Å². The first kappa shape index (κ1) is 14.8. The van der Waals surface area contributed by atoms with E-state index in [0.717, 1.165) is 43.9 Å². The lowest BCUT2D eigenvalue weighted by Crippen LogP contribution is -2.47. The van der Waals surface area contributed by atoms with Gasteiger partial charge in [-0.05, 0) is 49.9 Å². The molecule has 2 atom stereocenters. The second-order valence-electron chi connectivity index (χ2n) is 6.31. The van der Waals surface area contributed by atoms with Gasteiger partial charge in [0.05, 0.1) is 12.7 Å². The molecule has 0 aromatic heterocycles. The highest BCUT2D eigenvalue weighted by atomic mass is 16.5. The summed E-state index contributed by atoms with van der Waals surface area (Å²) in [6.45, 7) is 7.74. The minimum atomic E-state index is -0.296. The van der Waals surface area contributed by atoms with Crippen molar-refractivity contribution in [2.45, 2.75) is 44.9 Å². The van der Waals surface area contributed by atoms with Gasteiger partial charge in [0.1, 0.15) is 18.5 Å². The Morgan fingerprint density at radius 2 is 2.29 bits per heavy atom. The average Bonchev–Trinajstić information content (AvgIpc) is 2.86. The summed E-state index contributed by atoms with van der Waals surface area (Å²) in [5.41, 5.74) is 2.27. The molecule has 3 rings (SSSR count). The summed E-state index contributed by atoms with van der Waals surface area (Å²) in [6.07, 6.45) is 1.61. The van der Waals surface area contributed by atoms with E-state index in [2.05, 4.69) is 24.8 Å². The van der Waals surface area contributed by atoms with Crippen molar-refractivity contribution in [3.05, 3.63) is 29.3 Å². The Kier molecular flexibility index (Phi) is 4.48. The van der Waals surface area contributed by atoms with E-state index in [1.165, 1.54) is 5.56 Å². The molecule has 1 fully saturated rings. The first-order chi connectivity index (χ1) is 10.1. The molecule has 1 aliphatic carbocycles. The van der Waals surface area contributed by atoms with E-state index in [0.29, 0.717) is 12.6 Å². The highest BCUT2D eigenvalue weighted by Gasteiger charge is 2.23. The molecule has 0 spiro atoms. The fourth-order valence-electron chi connectivity index (χ4n) is 3.16. The molecular weight excluding hydrogens is 266 g/mol. The molecule has 1 aromatic rings. The maximum Gasteiger partial charge on any atom is 0.119 e. The van der Waals surface area contributed by atoms with E-state index >= 15 is 0 Å². The van der Waals surface area contributed by atoms with Crippen molar-refractivity contribution < 1.29 is 14.6 Å². The summed E-state index contributed by atoms with van der Waals surface area (Å²) in [5.74, 6) is 0.883. The Morgan fingerprint density at radius 1 is 1.43 bits per heavy atom. The van der Waals surface area contributed by atoms with Gasteiger partial charge in [0.2, 0.25) is 0 Å². The Balaban J connectivity index is 1.56. The Morgan fingerprint density at radius 3 is 3.10 bits per heavy atom. The fourth-order valence-corrected chi connectivity index (χ4v) is 3.16. The minimum absolute atomic E-state index is 0.139. The Labute approximate surface area is 126 Å². The molecule has 4 nitrogen and oxygen atoms in total. The van der Waals surface area contributed by atoms with Crippen LogP contribution in [0, 0.1) is 0 Å². The third-order valence-corrected chi connectivity index (χ3v) is 4.50. The third-order valence-electron chi connectivity index (χ3n) is 4.50. The van der Waals surface area contributed by atoms with Crippen molar-refractivity contribution in [3.8, 4) is 5.75 Å². The summed E-state index contributed by atoms with van der Waals surface area (Å²) in [4.78, 5) is 2.43. The highest BCUT2D eigenvalue weighted by molar-refractivity contribution is 5.39. The van der Waals surface area contributed by atoms with E-state index in [-0.39, 0.29) is 12.2 Å².